The summed E-state index contributed by atoms with van der Waals surface area (Å²) in [6, 6.07) is 16.9. The number of benzene rings is 2. The van der Waals surface area contributed by atoms with E-state index in [1.807, 2.05) is 6.07 Å². The summed E-state index contributed by atoms with van der Waals surface area (Å²) >= 11 is 0. The van der Waals surface area contributed by atoms with Crippen molar-refractivity contribution in [3.8, 4) is 0 Å². The smallest absolute Gasteiger partial charge is 0.338 e. The van der Waals surface area contributed by atoms with Crippen molar-refractivity contribution in [1.82, 2.24) is 0 Å². The van der Waals surface area contributed by atoms with Crippen LogP contribution in [0.3, 0.4) is 0 Å². The van der Waals surface area contributed by atoms with Crippen LogP contribution in [0.15, 0.2) is 78.9 Å². The third-order valence-electron chi connectivity index (χ3n) is 12.9. The normalized spacial score (nSPS) is 34.3. The molecule has 2 aromatic rings. The second kappa shape index (κ2) is 16.8. The van der Waals surface area contributed by atoms with Crippen molar-refractivity contribution < 1.29 is 71.8 Å². The van der Waals surface area contributed by atoms with Gasteiger partial charge in [0.15, 0.2) is 23.6 Å². The SMILES string of the molecule is C=C1[C@@H](OC(=O)/C=C/c2ccccc2)C[C@H](COC(C)=O)[C@@]2(COC(=O)c3ccccc3)[C@@H](OC(C)=O)[C@H](OC(C)=O)[C@]3(O)[C@@]4(C)CO[C@]3(C)C(=O)C[C@H]4[C@@H](OC(C)=O)[C@H]12. The molecule has 3 aliphatic carbocycles. The maximum atomic E-state index is 14.4. The molecule has 320 valence electrons. The van der Waals surface area contributed by atoms with Gasteiger partial charge in [0, 0.05) is 63.4 Å². The van der Waals surface area contributed by atoms with Gasteiger partial charge in [0.25, 0.3) is 0 Å². The summed E-state index contributed by atoms with van der Waals surface area (Å²) < 4.78 is 42.6. The number of carbonyl (C=O) groups excluding carboxylic acids is 7. The molecule has 0 radical (unpaired) electrons. The quantitative estimate of drug-likeness (QED) is 0.146. The Kier molecular flexibility index (Phi) is 12.3. The van der Waals surface area contributed by atoms with E-state index >= 15 is 0 Å². The zero-order chi connectivity index (χ0) is 43.8. The first kappa shape index (κ1) is 43.9. The minimum absolute atomic E-state index is 0.0880. The molecule has 1 heterocycles. The van der Waals surface area contributed by atoms with Crippen molar-refractivity contribution in [3.63, 3.8) is 0 Å². The Morgan fingerprint density at radius 3 is 2.02 bits per heavy atom. The van der Waals surface area contributed by atoms with Gasteiger partial charge in [-0.25, -0.2) is 9.59 Å². The molecule has 0 unspecified atom stereocenters. The number of esters is 6. The van der Waals surface area contributed by atoms with E-state index in [2.05, 4.69) is 6.58 Å². The van der Waals surface area contributed by atoms with Gasteiger partial charge in [0.2, 0.25) is 0 Å². The van der Waals surface area contributed by atoms with Gasteiger partial charge >= 0.3 is 35.8 Å². The molecule has 60 heavy (non-hydrogen) atoms. The van der Waals surface area contributed by atoms with E-state index in [0.717, 1.165) is 27.7 Å². The van der Waals surface area contributed by atoms with E-state index in [1.54, 1.807) is 55.5 Å². The summed E-state index contributed by atoms with van der Waals surface area (Å²) in [5, 5.41) is 13.4. The molecular weight excluding hydrogens is 780 g/mol. The summed E-state index contributed by atoms with van der Waals surface area (Å²) in [6.07, 6.45) is -4.32. The molecular formula is C45H50O15. The van der Waals surface area contributed by atoms with Crippen LogP contribution in [-0.4, -0.2) is 102 Å². The molecule has 15 heteroatoms. The summed E-state index contributed by atoms with van der Waals surface area (Å²) in [6.45, 7) is 10.3. The number of carbonyl (C=O) groups is 7. The van der Waals surface area contributed by atoms with E-state index in [0.29, 0.717) is 5.56 Å². The molecule has 4 aliphatic rings. The van der Waals surface area contributed by atoms with Gasteiger partial charge in [-0.3, -0.25) is 24.0 Å². The molecule has 4 bridgehead atoms. The van der Waals surface area contributed by atoms with Gasteiger partial charge in [-0.1, -0.05) is 62.0 Å². The first-order chi connectivity index (χ1) is 28.3. The fourth-order valence-electron chi connectivity index (χ4n) is 10.2. The van der Waals surface area contributed by atoms with Crippen molar-refractivity contribution in [1.29, 1.82) is 0 Å². The number of rotatable bonds is 11. The van der Waals surface area contributed by atoms with Crippen molar-refractivity contribution >= 4 is 47.7 Å². The maximum Gasteiger partial charge on any atom is 0.338 e. The highest BCUT2D eigenvalue weighted by molar-refractivity contribution is 5.92. The number of fused-ring (bicyclic) bond motifs is 1. The van der Waals surface area contributed by atoms with Gasteiger partial charge in [-0.15, -0.1) is 0 Å². The number of hydrogen-bond acceptors (Lipinski definition) is 15. The molecule has 0 amide bonds. The number of ketones is 1. The molecule has 11 atom stereocenters. The van der Waals surface area contributed by atoms with Crippen LogP contribution in [0, 0.1) is 28.6 Å². The summed E-state index contributed by atoms with van der Waals surface area (Å²) in [7, 11) is 0. The Labute approximate surface area is 347 Å². The molecule has 1 saturated heterocycles. The van der Waals surface area contributed by atoms with Gasteiger partial charge in [-0.2, -0.15) is 0 Å². The lowest BCUT2D eigenvalue weighted by atomic mass is 9.42. The predicted molar refractivity (Wildman–Crippen MR) is 209 cm³/mol. The van der Waals surface area contributed by atoms with Crippen molar-refractivity contribution in [2.24, 2.45) is 28.6 Å². The topological polar surface area (TPSA) is 204 Å². The zero-order valence-electron chi connectivity index (χ0n) is 34.4. The van der Waals surface area contributed by atoms with Crippen LogP contribution >= 0.6 is 0 Å². The number of aliphatic hydroxyl groups is 1. The molecule has 6 rings (SSSR count). The molecule has 1 N–H and O–H groups in total. The largest absolute Gasteiger partial charge is 0.466 e. The van der Waals surface area contributed by atoms with Crippen LogP contribution in [0.25, 0.3) is 6.08 Å². The second-order valence-corrected chi connectivity index (χ2v) is 16.4. The van der Waals surface area contributed by atoms with Crippen LogP contribution in [-0.2, 0) is 61.9 Å². The summed E-state index contributed by atoms with van der Waals surface area (Å²) in [5.74, 6) is -9.42. The highest BCUT2D eigenvalue weighted by atomic mass is 16.6. The zero-order valence-corrected chi connectivity index (χ0v) is 34.4. The Bertz CT molecular complexity index is 2080. The van der Waals surface area contributed by atoms with Crippen LogP contribution in [0.5, 0.6) is 0 Å². The molecule has 4 fully saturated rings. The van der Waals surface area contributed by atoms with Gasteiger partial charge in [0.05, 0.1) is 24.2 Å². The van der Waals surface area contributed by atoms with Crippen LogP contribution in [0.2, 0.25) is 0 Å². The second-order valence-electron chi connectivity index (χ2n) is 16.4. The lowest BCUT2D eigenvalue weighted by molar-refractivity contribution is -0.298. The van der Waals surface area contributed by atoms with Crippen molar-refractivity contribution in [2.75, 3.05) is 19.8 Å². The van der Waals surface area contributed by atoms with Crippen LogP contribution in [0.1, 0.15) is 70.3 Å². The molecule has 3 saturated carbocycles. The molecule has 2 aromatic carbocycles. The Morgan fingerprint density at radius 2 is 1.42 bits per heavy atom. The molecule has 0 spiro atoms. The Morgan fingerprint density at radius 1 is 0.817 bits per heavy atom. The lowest BCUT2D eigenvalue weighted by Crippen LogP contribution is -2.80. The van der Waals surface area contributed by atoms with Crippen LogP contribution < -0.4 is 0 Å². The van der Waals surface area contributed by atoms with Gasteiger partial charge < -0.3 is 38.3 Å². The maximum absolute atomic E-state index is 14.4. The van der Waals surface area contributed by atoms with Crippen molar-refractivity contribution in [2.45, 2.75) is 90.0 Å². The molecule has 1 aliphatic heterocycles. The minimum Gasteiger partial charge on any atom is -0.466 e. The van der Waals surface area contributed by atoms with E-state index in [4.69, 9.17) is 33.2 Å². The number of ether oxygens (including phenoxy) is 7. The molecule has 0 aromatic heterocycles. The summed E-state index contributed by atoms with van der Waals surface area (Å²) in [5.41, 5.74) is -7.25. The van der Waals surface area contributed by atoms with Crippen LogP contribution in [0.4, 0.5) is 0 Å². The van der Waals surface area contributed by atoms with E-state index in [1.165, 1.54) is 25.1 Å². The lowest BCUT2D eigenvalue weighted by Gasteiger charge is -2.65. The predicted octanol–water partition coefficient (Wildman–Crippen LogP) is 4.13. The third kappa shape index (κ3) is 7.53. The molecule has 15 nitrogen and oxygen atoms in total. The highest BCUT2D eigenvalue weighted by Gasteiger charge is 2.83. The van der Waals surface area contributed by atoms with Crippen molar-refractivity contribution in [3.05, 3.63) is 90.0 Å². The Hall–Kier alpha value is -5.67. The highest BCUT2D eigenvalue weighted by Crippen LogP contribution is 2.68. The van der Waals surface area contributed by atoms with E-state index in [-0.39, 0.29) is 30.6 Å². The Balaban J connectivity index is 1.65. The first-order valence-electron chi connectivity index (χ1n) is 19.7. The monoisotopic (exact) mass is 830 g/mol. The van der Waals surface area contributed by atoms with Gasteiger partial charge in [-0.05, 0) is 42.7 Å². The standard InChI is InChI=1S/C45H50O15/c1-25-34(60-36(51)19-18-30-14-10-8-11-15-30)20-32(22-54-26(2)46)44(24-55-41(52)31-16-12-9-13-17-31)37(25)38(57-27(3)47)33-21-35(50)43(7)45(53,42(33,6)23-56-43)40(59-29(5)49)39(44)58-28(4)48/h8-19,32-34,37-40,53H,1,20-24H2,2-7H3/b19-18+/t32-,33+,34+,37+,38-,39+,40+,42+,43-,44-,45+/m1/s1. The summed E-state index contributed by atoms with van der Waals surface area (Å²) in [4.78, 5) is 94.7. The average molecular weight is 831 g/mol. The average Bonchev–Trinajstić information content (AvgIpc) is 3.34. The number of hydrogen-bond donors (Lipinski definition) is 1. The van der Waals surface area contributed by atoms with E-state index in [9.17, 15) is 38.7 Å². The fraction of sp³-hybridized carbons (Fsp3) is 0.489. The minimum atomic E-state index is -2.51. The fourth-order valence-corrected chi connectivity index (χ4v) is 10.2. The third-order valence-corrected chi connectivity index (χ3v) is 12.9. The van der Waals surface area contributed by atoms with E-state index < -0.39 is 119 Å². The van der Waals surface area contributed by atoms with Gasteiger partial charge in [0.1, 0.15) is 24.4 Å². The number of Topliss-reactive ketones (excluding diaryl/α,β-unsaturated/α-hetero) is 1. The first-order valence-corrected chi connectivity index (χ1v) is 19.7.